The number of hydrogen-bond acceptors (Lipinski definition) is 5. The standard InChI is InChI=1S/C10H13BrN2O4S2/c1-10(2-3-18(14,15)7-10)13-19(16,17)9-4-8(11)5-12-6-9/h4-6,13H,2-3,7H2,1H3. The first-order valence-electron chi connectivity index (χ1n) is 5.47. The average molecular weight is 369 g/mol. The number of sulfonamides is 1. The van der Waals surface area contributed by atoms with Gasteiger partial charge in [-0.3, -0.25) is 4.98 Å². The third kappa shape index (κ3) is 3.53. The SMILES string of the molecule is CC1(NS(=O)(=O)c2cncc(Br)c2)CCS(=O)(=O)C1. The summed E-state index contributed by atoms with van der Waals surface area (Å²) in [5, 5.41) is 0. The van der Waals surface area contributed by atoms with Crippen molar-refractivity contribution in [2.75, 3.05) is 11.5 Å². The lowest BCUT2D eigenvalue weighted by Crippen LogP contribution is -2.46. The Hall–Kier alpha value is -0.510. The Balaban J connectivity index is 2.28. The fraction of sp³-hybridized carbons (Fsp3) is 0.500. The van der Waals surface area contributed by atoms with Crippen molar-refractivity contribution in [3.63, 3.8) is 0 Å². The maximum absolute atomic E-state index is 12.2. The Morgan fingerprint density at radius 1 is 1.42 bits per heavy atom. The van der Waals surface area contributed by atoms with Gasteiger partial charge >= 0.3 is 0 Å². The van der Waals surface area contributed by atoms with Crippen LogP contribution in [-0.4, -0.2) is 38.9 Å². The van der Waals surface area contributed by atoms with Gasteiger partial charge in [0.05, 0.1) is 11.5 Å². The van der Waals surface area contributed by atoms with Crippen molar-refractivity contribution in [2.45, 2.75) is 23.8 Å². The van der Waals surface area contributed by atoms with E-state index in [1.54, 1.807) is 6.92 Å². The first-order valence-corrected chi connectivity index (χ1v) is 9.57. The number of nitrogens with zero attached hydrogens (tertiary/aromatic N) is 1. The zero-order valence-corrected chi connectivity index (χ0v) is 13.3. The van der Waals surface area contributed by atoms with Crippen LogP contribution in [0.1, 0.15) is 13.3 Å². The Labute approximate surface area is 120 Å². The number of sulfone groups is 1. The molecule has 1 aromatic rings. The Morgan fingerprint density at radius 2 is 2.11 bits per heavy atom. The summed E-state index contributed by atoms with van der Waals surface area (Å²) in [5.74, 6) is -0.177. The molecule has 0 bridgehead atoms. The van der Waals surface area contributed by atoms with E-state index in [0.29, 0.717) is 4.47 Å². The summed E-state index contributed by atoms with van der Waals surface area (Å²) in [6.07, 6.45) is 2.97. The predicted octanol–water partition coefficient (Wildman–Crippen LogP) is 0.700. The van der Waals surface area contributed by atoms with E-state index >= 15 is 0 Å². The lowest BCUT2D eigenvalue weighted by molar-refractivity contribution is 0.461. The number of pyridine rings is 1. The average Bonchev–Trinajstić information content (AvgIpc) is 2.51. The lowest BCUT2D eigenvalue weighted by Gasteiger charge is -2.23. The molecule has 1 aliphatic heterocycles. The molecule has 1 saturated heterocycles. The lowest BCUT2D eigenvalue weighted by atomic mass is 10.0. The van der Waals surface area contributed by atoms with Crippen molar-refractivity contribution in [3.05, 3.63) is 22.9 Å². The van der Waals surface area contributed by atoms with Gasteiger partial charge in [-0.2, -0.15) is 0 Å². The van der Waals surface area contributed by atoms with Crippen LogP contribution in [0.25, 0.3) is 0 Å². The highest BCUT2D eigenvalue weighted by Gasteiger charge is 2.41. The molecule has 9 heteroatoms. The van der Waals surface area contributed by atoms with E-state index in [9.17, 15) is 16.8 Å². The molecule has 19 heavy (non-hydrogen) atoms. The molecule has 1 aliphatic rings. The molecular formula is C10H13BrN2O4S2. The molecule has 6 nitrogen and oxygen atoms in total. The summed E-state index contributed by atoms with van der Waals surface area (Å²) >= 11 is 3.15. The van der Waals surface area contributed by atoms with E-state index in [4.69, 9.17) is 0 Å². The number of rotatable bonds is 3. The Kier molecular flexibility index (Phi) is 3.76. The second kappa shape index (κ2) is 4.80. The van der Waals surface area contributed by atoms with Crippen LogP contribution in [-0.2, 0) is 19.9 Å². The van der Waals surface area contributed by atoms with Gasteiger partial charge in [-0.25, -0.2) is 21.6 Å². The third-order valence-corrected chi connectivity index (χ3v) is 6.82. The van der Waals surface area contributed by atoms with E-state index in [1.165, 1.54) is 18.5 Å². The minimum Gasteiger partial charge on any atom is -0.262 e. The van der Waals surface area contributed by atoms with Gasteiger partial charge < -0.3 is 0 Å². The van der Waals surface area contributed by atoms with E-state index in [2.05, 4.69) is 25.6 Å². The molecule has 1 unspecified atom stereocenters. The minimum absolute atomic E-state index is 0.00273. The second-order valence-electron chi connectivity index (χ2n) is 4.85. The highest BCUT2D eigenvalue weighted by Crippen LogP contribution is 2.25. The van der Waals surface area contributed by atoms with Crippen LogP contribution in [0.5, 0.6) is 0 Å². The molecule has 1 aromatic heterocycles. The van der Waals surface area contributed by atoms with Crippen LogP contribution >= 0.6 is 15.9 Å². The van der Waals surface area contributed by atoms with Crippen LogP contribution in [0.15, 0.2) is 27.8 Å². The predicted molar refractivity (Wildman–Crippen MR) is 73.9 cm³/mol. The van der Waals surface area contributed by atoms with Gasteiger partial charge in [0.15, 0.2) is 9.84 Å². The largest absolute Gasteiger partial charge is 0.262 e. The molecule has 0 aromatic carbocycles. The van der Waals surface area contributed by atoms with Crippen molar-refractivity contribution in [2.24, 2.45) is 0 Å². The maximum atomic E-state index is 12.2. The maximum Gasteiger partial charge on any atom is 0.242 e. The molecular weight excluding hydrogens is 356 g/mol. The summed E-state index contributed by atoms with van der Waals surface area (Å²) in [5.41, 5.74) is -0.958. The summed E-state index contributed by atoms with van der Waals surface area (Å²) < 4.78 is 50.3. The first-order chi connectivity index (χ1) is 8.62. The minimum atomic E-state index is -3.78. The molecule has 0 saturated carbocycles. The molecule has 0 radical (unpaired) electrons. The number of aromatic nitrogens is 1. The van der Waals surface area contributed by atoms with Crippen LogP contribution in [0.3, 0.4) is 0 Å². The van der Waals surface area contributed by atoms with E-state index < -0.39 is 25.4 Å². The van der Waals surface area contributed by atoms with Crippen molar-refractivity contribution >= 4 is 35.8 Å². The molecule has 106 valence electrons. The van der Waals surface area contributed by atoms with E-state index in [1.807, 2.05) is 0 Å². The molecule has 0 aliphatic carbocycles. The first kappa shape index (κ1) is 14.9. The summed E-state index contributed by atoms with van der Waals surface area (Å²) in [6.45, 7) is 1.60. The monoisotopic (exact) mass is 368 g/mol. The van der Waals surface area contributed by atoms with Crippen molar-refractivity contribution in [1.29, 1.82) is 0 Å². The van der Waals surface area contributed by atoms with Gasteiger partial charge in [-0.15, -0.1) is 0 Å². The molecule has 0 spiro atoms. The van der Waals surface area contributed by atoms with Crippen LogP contribution in [0.4, 0.5) is 0 Å². The van der Waals surface area contributed by atoms with Crippen molar-refractivity contribution < 1.29 is 16.8 Å². The van der Waals surface area contributed by atoms with Crippen molar-refractivity contribution in [3.8, 4) is 0 Å². The van der Waals surface area contributed by atoms with Gasteiger partial charge in [0, 0.05) is 22.4 Å². The van der Waals surface area contributed by atoms with Crippen molar-refractivity contribution in [1.82, 2.24) is 9.71 Å². The fourth-order valence-corrected chi connectivity index (χ4v) is 6.14. The van der Waals surface area contributed by atoms with E-state index in [-0.39, 0.29) is 22.8 Å². The fourth-order valence-electron chi connectivity index (χ4n) is 2.01. The quantitative estimate of drug-likeness (QED) is 0.847. The normalized spacial score (nSPS) is 26.4. The van der Waals surface area contributed by atoms with Crippen LogP contribution < -0.4 is 4.72 Å². The number of halogens is 1. The van der Waals surface area contributed by atoms with Gasteiger partial charge in [-0.1, -0.05) is 0 Å². The number of nitrogens with one attached hydrogen (secondary N) is 1. The summed E-state index contributed by atoms with van der Waals surface area (Å²) in [4.78, 5) is 3.80. The van der Waals surface area contributed by atoms with Gasteiger partial charge in [0.25, 0.3) is 0 Å². The summed E-state index contributed by atoms with van der Waals surface area (Å²) in [7, 11) is -6.95. The topological polar surface area (TPSA) is 93.2 Å². The zero-order valence-electron chi connectivity index (χ0n) is 10.1. The molecule has 2 rings (SSSR count). The van der Waals surface area contributed by atoms with Crippen LogP contribution in [0.2, 0.25) is 0 Å². The number of hydrogen-bond donors (Lipinski definition) is 1. The highest BCUT2D eigenvalue weighted by molar-refractivity contribution is 9.10. The van der Waals surface area contributed by atoms with Gasteiger partial charge in [0.1, 0.15) is 4.90 Å². The molecule has 0 amide bonds. The summed E-state index contributed by atoms with van der Waals surface area (Å²) in [6, 6.07) is 1.42. The van der Waals surface area contributed by atoms with Crippen LogP contribution in [0, 0.1) is 0 Å². The van der Waals surface area contributed by atoms with Gasteiger partial charge in [-0.05, 0) is 35.3 Å². The Bertz CT molecular complexity index is 702. The molecule has 2 heterocycles. The molecule has 1 N–H and O–H groups in total. The molecule has 1 atom stereocenters. The zero-order chi connectivity index (χ0) is 14.3. The smallest absolute Gasteiger partial charge is 0.242 e. The highest BCUT2D eigenvalue weighted by atomic mass is 79.9. The Morgan fingerprint density at radius 3 is 2.63 bits per heavy atom. The van der Waals surface area contributed by atoms with Gasteiger partial charge in [0.2, 0.25) is 10.0 Å². The second-order valence-corrected chi connectivity index (χ2v) is 9.63. The third-order valence-electron chi connectivity index (χ3n) is 2.87. The van der Waals surface area contributed by atoms with E-state index in [0.717, 1.165) is 0 Å². The molecule has 1 fully saturated rings.